The molecule has 0 nitrogen and oxygen atoms in total. The molecule has 0 aliphatic rings. The van der Waals surface area contributed by atoms with E-state index in [1.54, 1.807) is 26.0 Å². The summed E-state index contributed by atoms with van der Waals surface area (Å²) in [6, 6.07) is 0. The van der Waals surface area contributed by atoms with Gasteiger partial charge in [-0.3, -0.25) is 0 Å². The zero-order chi connectivity index (χ0) is 13.6. The average molecular weight is 242 g/mol. The molecule has 0 unspecified atom stereocenters. The van der Waals surface area contributed by atoms with Crippen LogP contribution >= 0.6 is 0 Å². The smallest absolute Gasteiger partial charge is 0.202 e. The molecule has 2 heteroatoms. The second-order valence-electron chi connectivity index (χ2n) is 4.60. The van der Waals surface area contributed by atoms with Gasteiger partial charge in [0.05, 0.1) is 0 Å². The quantitative estimate of drug-likeness (QED) is 0.537. The lowest BCUT2D eigenvalue weighted by Gasteiger charge is -2.20. The summed E-state index contributed by atoms with van der Waals surface area (Å²) in [4.78, 5) is 0. The summed E-state index contributed by atoms with van der Waals surface area (Å²) in [6.45, 7) is 12.3. The van der Waals surface area contributed by atoms with Gasteiger partial charge in [-0.05, 0) is 29.9 Å². The fraction of sp³-hybridized carbons (Fsp3) is 0.600. The van der Waals surface area contributed by atoms with Gasteiger partial charge in [-0.2, -0.15) is 0 Å². The topological polar surface area (TPSA) is 0 Å². The summed E-state index contributed by atoms with van der Waals surface area (Å²) in [7, 11) is 0. The van der Waals surface area contributed by atoms with E-state index in [4.69, 9.17) is 0 Å². The Labute approximate surface area is 104 Å². The van der Waals surface area contributed by atoms with Crippen LogP contribution in [0, 0.1) is 5.92 Å². The van der Waals surface area contributed by atoms with Gasteiger partial charge in [-0.15, -0.1) is 0 Å². The van der Waals surface area contributed by atoms with Crippen LogP contribution in [0.2, 0.25) is 0 Å². The van der Waals surface area contributed by atoms with Gasteiger partial charge in [0.1, 0.15) is 0 Å². The zero-order valence-electron chi connectivity index (χ0n) is 11.6. The second-order valence-corrected chi connectivity index (χ2v) is 4.60. The van der Waals surface area contributed by atoms with Gasteiger partial charge in [0.15, 0.2) is 0 Å². The second kappa shape index (κ2) is 6.73. The van der Waals surface area contributed by atoms with Gasteiger partial charge >= 0.3 is 0 Å². The standard InChI is InChI=1S/C15H24F2/c1-7-12(8-2)13(9-3)10-14(11(4)5)15(6,16)17/h7,10-11H,1,8-9H2,2-6H3/b13-12+,14-10+. The van der Waals surface area contributed by atoms with Crippen molar-refractivity contribution in [2.75, 3.05) is 0 Å². The molecule has 0 bridgehead atoms. The Morgan fingerprint density at radius 3 is 1.88 bits per heavy atom. The van der Waals surface area contributed by atoms with E-state index in [9.17, 15) is 8.78 Å². The van der Waals surface area contributed by atoms with Crippen molar-refractivity contribution < 1.29 is 8.78 Å². The first-order valence-electron chi connectivity index (χ1n) is 6.22. The zero-order valence-corrected chi connectivity index (χ0v) is 11.6. The van der Waals surface area contributed by atoms with Gasteiger partial charge in [-0.25, -0.2) is 8.78 Å². The third-order valence-electron chi connectivity index (χ3n) is 2.88. The molecule has 0 amide bonds. The van der Waals surface area contributed by atoms with Gasteiger partial charge in [-0.1, -0.05) is 46.4 Å². The molecule has 98 valence electrons. The molecule has 0 N–H and O–H groups in total. The van der Waals surface area contributed by atoms with Crippen LogP contribution in [0.15, 0.2) is 35.5 Å². The van der Waals surface area contributed by atoms with Gasteiger partial charge in [0, 0.05) is 12.5 Å². The third kappa shape index (κ3) is 4.84. The van der Waals surface area contributed by atoms with Crippen LogP contribution in [0.25, 0.3) is 0 Å². The minimum Gasteiger partial charge on any atom is -0.202 e. The van der Waals surface area contributed by atoms with E-state index in [0.29, 0.717) is 0 Å². The number of halogens is 2. The lowest BCUT2D eigenvalue weighted by atomic mass is 9.92. The number of alkyl halides is 2. The van der Waals surface area contributed by atoms with Crippen LogP contribution in [0.1, 0.15) is 47.5 Å². The molecular weight excluding hydrogens is 218 g/mol. The Kier molecular flexibility index (Phi) is 6.36. The molecule has 0 heterocycles. The lowest BCUT2D eigenvalue weighted by Crippen LogP contribution is -2.18. The Morgan fingerprint density at radius 2 is 1.65 bits per heavy atom. The van der Waals surface area contributed by atoms with E-state index in [-0.39, 0.29) is 11.5 Å². The van der Waals surface area contributed by atoms with Crippen molar-refractivity contribution in [3.05, 3.63) is 35.5 Å². The maximum atomic E-state index is 13.5. The Balaban J connectivity index is 5.58. The van der Waals surface area contributed by atoms with E-state index in [1.165, 1.54) is 0 Å². The van der Waals surface area contributed by atoms with Crippen LogP contribution in [0.3, 0.4) is 0 Å². The molecule has 0 aromatic rings. The summed E-state index contributed by atoms with van der Waals surface area (Å²) < 4.78 is 27.0. The number of hydrogen-bond donors (Lipinski definition) is 0. The molecule has 0 fully saturated rings. The molecule has 0 saturated heterocycles. The average Bonchev–Trinajstić information content (AvgIpc) is 2.21. The summed E-state index contributed by atoms with van der Waals surface area (Å²) in [5, 5.41) is 0. The van der Waals surface area contributed by atoms with Gasteiger partial charge in [0.2, 0.25) is 0 Å². The molecule has 0 aromatic heterocycles. The fourth-order valence-corrected chi connectivity index (χ4v) is 1.91. The first kappa shape index (κ1) is 16.1. The van der Waals surface area contributed by atoms with Crippen molar-refractivity contribution in [1.29, 1.82) is 0 Å². The summed E-state index contributed by atoms with van der Waals surface area (Å²) in [5.74, 6) is -2.91. The van der Waals surface area contributed by atoms with E-state index in [0.717, 1.165) is 30.9 Å². The highest BCUT2D eigenvalue weighted by atomic mass is 19.3. The monoisotopic (exact) mass is 242 g/mol. The van der Waals surface area contributed by atoms with E-state index in [2.05, 4.69) is 6.58 Å². The summed E-state index contributed by atoms with van der Waals surface area (Å²) >= 11 is 0. The summed E-state index contributed by atoms with van der Waals surface area (Å²) in [5.41, 5.74) is 2.21. The third-order valence-corrected chi connectivity index (χ3v) is 2.88. The maximum absolute atomic E-state index is 13.5. The SMILES string of the molecule is C=C/C(CC)=C(\C=C(/C(C)C)C(C)(F)F)CC. The molecule has 0 aromatic carbocycles. The van der Waals surface area contributed by atoms with Crippen LogP contribution in [-0.4, -0.2) is 5.92 Å². The highest BCUT2D eigenvalue weighted by Crippen LogP contribution is 2.31. The number of allylic oxidation sites excluding steroid dienone is 5. The van der Waals surface area contributed by atoms with E-state index < -0.39 is 5.92 Å². The van der Waals surface area contributed by atoms with E-state index >= 15 is 0 Å². The Bertz CT molecular complexity index is 314. The first-order chi connectivity index (χ1) is 7.77. The molecule has 0 rings (SSSR count). The van der Waals surface area contributed by atoms with E-state index in [1.807, 2.05) is 13.8 Å². The molecule has 0 aliphatic carbocycles. The number of hydrogen-bond acceptors (Lipinski definition) is 0. The van der Waals surface area contributed by atoms with Gasteiger partial charge < -0.3 is 0 Å². The van der Waals surface area contributed by atoms with Crippen molar-refractivity contribution in [2.45, 2.75) is 53.4 Å². The van der Waals surface area contributed by atoms with Crippen LogP contribution in [0.5, 0.6) is 0 Å². The molecule has 0 spiro atoms. The predicted octanol–water partition coefficient (Wildman–Crippen LogP) is 5.53. The predicted molar refractivity (Wildman–Crippen MR) is 71.3 cm³/mol. The van der Waals surface area contributed by atoms with Crippen LogP contribution in [0.4, 0.5) is 8.78 Å². The molecule has 0 aliphatic heterocycles. The molecule has 0 atom stereocenters. The molecule has 0 radical (unpaired) electrons. The Hall–Kier alpha value is -0.920. The van der Waals surface area contributed by atoms with Crippen LogP contribution in [-0.2, 0) is 0 Å². The lowest BCUT2D eigenvalue weighted by molar-refractivity contribution is 0.0539. The van der Waals surface area contributed by atoms with Gasteiger partial charge in [0.25, 0.3) is 5.92 Å². The van der Waals surface area contributed by atoms with Crippen molar-refractivity contribution in [3.63, 3.8) is 0 Å². The molecule has 17 heavy (non-hydrogen) atoms. The molecular formula is C15H24F2. The van der Waals surface area contributed by atoms with Crippen molar-refractivity contribution >= 4 is 0 Å². The Morgan fingerprint density at radius 1 is 1.18 bits per heavy atom. The maximum Gasteiger partial charge on any atom is 0.267 e. The van der Waals surface area contributed by atoms with Crippen molar-refractivity contribution in [2.24, 2.45) is 5.92 Å². The van der Waals surface area contributed by atoms with Crippen molar-refractivity contribution in [1.82, 2.24) is 0 Å². The minimum atomic E-state index is -2.76. The highest BCUT2D eigenvalue weighted by molar-refractivity contribution is 5.36. The fourth-order valence-electron chi connectivity index (χ4n) is 1.91. The minimum absolute atomic E-state index is 0.153. The first-order valence-corrected chi connectivity index (χ1v) is 6.22. The summed E-state index contributed by atoms with van der Waals surface area (Å²) in [6.07, 6.45) is 5.00. The normalized spacial score (nSPS) is 14.9. The largest absolute Gasteiger partial charge is 0.267 e. The van der Waals surface area contributed by atoms with Crippen LogP contribution < -0.4 is 0 Å². The van der Waals surface area contributed by atoms with Crippen molar-refractivity contribution in [3.8, 4) is 0 Å². The number of rotatable bonds is 6. The molecule has 0 saturated carbocycles. The highest BCUT2D eigenvalue weighted by Gasteiger charge is 2.29.